The number of rotatable bonds is 5. The quantitative estimate of drug-likeness (QED) is 0.529. The van der Waals surface area contributed by atoms with Crippen molar-refractivity contribution < 1.29 is 0 Å². The van der Waals surface area contributed by atoms with Gasteiger partial charge in [0.05, 0.1) is 12.6 Å². The lowest BCUT2D eigenvalue weighted by Crippen LogP contribution is -2.31. The van der Waals surface area contributed by atoms with Crippen molar-refractivity contribution in [3.8, 4) is 0 Å². The van der Waals surface area contributed by atoms with Gasteiger partial charge >= 0.3 is 0 Å². The molecule has 2 aromatic carbocycles. The molecule has 0 saturated carbocycles. The van der Waals surface area contributed by atoms with E-state index in [9.17, 15) is 0 Å². The number of aryl methyl sites for hydroxylation is 1. The third-order valence-corrected chi connectivity index (χ3v) is 5.01. The second-order valence-electron chi connectivity index (χ2n) is 6.30. The Kier molecular flexibility index (Phi) is 6.37. The molecular weight excluding hydrogens is 399 g/mol. The molecule has 3 aromatic rings. The summed E-state index contributed by atoms with van der Waals surface area (Å²) in [5, 5.41) is 12.8. The first kappa shape index (κ1) is 19.7. The van der Waals surface area contributed by atoms with Crippen LogP contribution in [0.1, 0.15) is 29.8 Å². The summed E-state index contributed by atoms with van der Waals surface area (Å²) in [6.45, 7) is 4.62. The highest BCUT2D eigenvalue weighted by Crippen LogP contribution is 2.22. The number of nitrogens with one attached hydrogen (secondary N) is 2. The van der Waals surface area contributed by atoms with Crippen LogP contribution in [0.5, 0.6) is 0 Å². The van der Waals surface area contributed by atoms with Crippen LogP contribution in [0.15, 0.2) is 54.6 Å². The summed E-state index contributed by atoms with van der Waals surface area (Å²) in [6.07, 6.45) is 0. The van der Waals surface area contributed by atoms with Crippen LogP contribution >= 0.6 is 35.4 Å². The molecule has 0 saturated heterocycles. The van der Waals surface area contributed by atoms with E-state index in [4.69, 9.17) is 35.4 Å². The second-order valence-corrected chi connectivity index (χ2v) is 7.55. The van der Waals surface area contributed by atoms with Crippen molar-refractivity contribution in [2.24, 2.45) is 0 Å². The Bertz CT molecular complexity index is 940. The highest BCUT2D eigenvalue weighted by molar-refractivity contribution is 7.80. The lowest BCUT2D eigenvalue weighted by atomic mass is 10.1. The van der Waals surface area contributed by atoms with E-state index >= 15 is 0 Å². The Morgan fingerprint density at radius 3 is 2.59 bits per heavy atom. The van der Waals surface area contributed by atoms with Crippen LogP contribution < -0.4 is 10.6 Å². The van der Waals surface area contributed by atoms with Crippen molar-refractivity contribution in [3.63, 3.8) is 0 Å². The molecule has 2 N–H and O–H groups in total. The maximum atomic E-state index is 6.27. The van der Waals surface area contributed by atoms with E-state index in [0.717, 1.165) is 11.3 Å². The first-order chi connectivity index (χ1) is 12.9. The third-order valence-electron chi connectivity index (χ3n) is 4.21. The van der Waals surface area contributed by atoms with E-state index in [1.807, 2.05) is 48.0 Å². The standard InChI is InChI=1S/C20H20Cl2N4S/c1-13-10-19(24-20(27)23-14(2)15-6-4-3-5-7-15)25-26(13)12-16-8-9-17(21)11-18(16)22/h3-11,14H,12H2,1-2H3,(H2,23,24,25,27). The zero-order valence-electron chi connectivity index (χ0n) is 15.0. The molecule has 7 heteroatoms. The first-order valence-electron chi connectivity index (χ1n) is 8.53. The molecule has 0 radical (unpaired) electrons. The third kappa shape index (κ3) is 5.22. The van der Waals surface area contributed by atoms with Crippen LogP contribution in [0.2, 0.25) is 10.0 Å². The average Bonchev–Trinajstić information content (AvgIpc) is 2.97. The Hall–Kier alpha value is -2.08. The first-order valence-corrected chi connectivity index (χ1v) is 9.69. The summed E-state index contributed by atoms with van der Waals surface area (Å²) in [5.41, 5.74) is 3.13. The lowest BCUT2D eigenvalue weighted by molar-refractivity contribution is 0.667. The highest BCUT2D eigenvalue weighted by atomic mass is 35.5. The number of nitrogens with zero attached hydrogens (tertiary/aromatic N) is 2. The predicted octanol–water partition coefficient (Wildman–Crippen LogP) is 5.59. The molecule has 1 heterocycles. The molecule has 140 valence electrons. The van der Waals surface area contributed by atoms with Gasteiger partial charge in [0.2, 0.25) is 0 Å². The number of hydrogen-bond acceptors (Lipinski definition) is 2. The van der Waals surface area contributed by atoms with Crippen molar-refractivity contribution in [2.75, 3.05) is 5.32 Å². The molecule has 1 atom stereocenters. The summed E-state index contributed by atoms with van der Waals surface area (Å²) >= 11 is 17.6. The molecule has 27 heavy (non-hydrogen) atoms. The minimum Gasteiger partial charge on any atom is -0.356 e. The van der Waals surface area contributed by atoms with Gasteiger partial charge in [0.25, 0.3) is 0 Å². The summed E-state index contributed by atoms with van der Waals surface area (Å²) in [5.74, 6) is 0.690. The molecule has 0 fully saturated rings. The minimum absolute atomic E-state index is 0.0993. The van der Waals surface area contributed by atoms with Crippen LogP contribution in [-0.4, -0.2) is 14.9 Å². The van der Waals surface area contributed by atoms with Gasteiger partial charge in [-0.2, -0.15) is 5.10 Å². The van der Waals surface area contributed by atoms with Crippen molar-refractivity contribution in [3.05, 3.63) is 81.5 Å². The van der Waals surface area contributed by atoms with Crippen LogP contribution in [0.4, 0.5) is 5.82 Å². The topological polar surface area (TPSA) is 41.9 Å². The number of halogens is 2. The zero-order chi connectivity index (χ0) is 19.4. The molecule has 0 aliphatic heterocycles. The normalized spacial score (nSPS) is 11.9. The fraction of sp³-hybridized carbons (Fsp3) is 0.200. The Morgan fingerprint density at radius 2 is 1.89 bits per heavy atom. The fourth-order valence-electron chi connectivity index (χ4n) is 2.72. The number of hydrogen-bond donors (Lipinski definition) is 2. The van der Waals surface area contributed by atoms with Crippen molar-refractivity contribution in [1.29, 1.82) is 0 Å². The highest BCUT2D eigenvalue weighted by Gasteiger charge is 2.11. The van der Waals surface area contributed by atoms with Gasteiger partial charge in [0.15, 0.2) is 10.9 Å². The van der Waals surface area contributed by atoms with Gasteiger partial charge in [0, 0.05) is 21.8 Å². The van der Waals surface area contributed by atoms with Gasteiger partial charge in [-0.25, -0.2) is 0 Å². The smallest absolute Gasteiger partial charge is 0.172 e. The maximum absolute atomic E-state index is 6.27. The minimum atomic E-state index is 0.0993. The van der Waals surface area contributed by atoms with E-state index in [-0.39, 0.29) is 6.04 Å². The van der Waals surface area contributed by atoms with E-state index in [2.05, 4.69) is 34.8 Å². The number of thiocarbonyl (C=S) groups is 1. The largest absolute Gasteiger partial charge is 0.356 e. The summed E-state index contributed by atoms with van der Waals surface area (Å²) in [6, 6.07) is 17.7. The van der Waals surface area contributed by atoms with Crippen molar-refractivity contribution >= 4 is 46.4 Å². The van der Waals surface area contributed by atoms with Crippen LogP contribution in [0.25, 0.3) is 0 Å². The fourth-order valence-corrected chi connectivity index (χ4v) is 3.47. The molecule has 0 aliphatic carbocycles. The predicted molar refractivity (Wildman–Crippen MR) is 117 cm³/mol. The van der Waals surface area contributed by atoms with Gasteiger partial charge in [-0.05, 0) is 49.3 Å². The second kappa shape index (κ2) is 8.74. The average molecular weight is 419 g/mol. The molecule has 1 unspecified atom stereocenters. The molecule has 1 aromatic heterocycles. The molecular formula is C20H20Cl2N4S. The van der Waals surface area contributed by atoms with Gasteiger partial charge in [0.1, 0.15) is 0 Å². The molecule has 0 spiro atoms. The molecule has 0 amide bonds. The number of aromatic nitrogens is 2. The zero-order valence-corrected chi connectivity index (χ0v) is 17.4. The molecule has 0 bridgehead atoms. The van der Waals surface area contributed by atoms with Crippen molar-refractivity contribution in [2.45, 2.75) is 26.4 Å². The van der Waals surface area contributed by atoms with Crippen LogP contribution in [-0.2, 0) is 6.54 Å². The van der Waals surface area contributed by atoms with Gasteiger partial charge in [-0.3, -0.25) is 4.68 Å². The Morgan fingerprint density at radius 1 is 1.15 bits per heavy atom. The number of benzene rings is 2. The maximum Gasteiger partial charge on any atom is 0.172 e. The van der Waals surface area contributed by atoms with Crippen LogP contribution in [0, 0.1) is 6.92 Å². The summed E-state index contributed by atoms with van der Waals surface area (Å²) < 4.78 is 1.88. The summed E-state index contributed by atoms with van der Waals surface area (Å²) in [4.78, 5) is 0. The van der Waals surface area contributed by atoms with E-state index in [1.165, 1.54) is 5.56 Å². The van der Waals surface area contributed by atoms with E-state index < -0.39 is 0 Å². The van der Waals surface area contributed by atoms with Crippen LogP contribution in [0.3, 0.4) is 0 Å². The van der Waals surface area contributed by atoms with Crippen molar-refractivity contribution in [1.82, 2.24) is 15.1 Å². The van der Waals surface area contributed by atoms with E-state index in [0.29, 0.717) is 27.5 Å². The Balaban J connectivity index is 1.64. The van der Waals surface area contributed by atoms with Gasteiger partial charge in [-0.1, -0.05) is 59.6 Å². The Labute approximate surface area is 174 Å². The van der Waals surface area contributed by atoms with E-state index in [1.54, 1.807) is 6.07 Å². The summed E-state index contributed by atoms with van der Waals surface area (Å²) in [7, 11) is 0. The lowest BCUT2D eigenvalue weighted by Gasteiger charge is -2.16. The SMILES string of the molecule is Cc1cc(NC(=S)NC(C)c2ccccc2)nn1Cc1ccc(Cl)cc1Cl. The monoisotopic (exact) mass is 418 g/mol. The molecule has 4 nitrogen and oxygen atoms in total. The number of anilines is 1. The van der Waals surface area contributed by atoms with Gasteiger partial charge < -0.3 is 10.6 Å². The van der Waals surface area contributed by atoms with Gasteiger partial charge in [-0.15, -0.1) is 0 Å². The molecule has 3 rings (SSSR count). The molecule has 0 aliphatic rings.